The van der Waals surface area contributed by atoms with Gasteiger partial charge in [-0.3, -0.25) is 9.10 Å². The van der Waals surface area contributed by atoms with E-state index in [-0.39, 0.29) is 12.5 Å². The summed E-state index contributed by atoms with van der Waals surface area (Å²) >= 11 is 0. The normalized spacial score (nSPS) is 11.2. The molecule has 0 aliphatic heterocycles. The van der Waals surface area contributed by atoms with Crippen molar-refractivity contribution in [2.24, 2.45) is 0 Å². The van der Waals surface area contributed by atoms with Crippen LogP contribution >= 0.6 is 0 Å². The summed E-state index contributed by atoms with van der Waals surface area (Å²) in [6.45, 7) is 5.68. The molecular formula is C23H33N3O3S. The molecule has 0 fully saturated rings. The second kappa shape index (κ2) is 11.0. The van der Waals surface area contributed by atoms with Gasteiger partial charge in [0.15, 0.2) is 0 Å². The molecule has 0 unspecified atom stereocenters. The summed E-state index contributed by atoms with van der Waals surface area (Å²) in [5, 5.41) is 2.92. The zero-order valence-electron chi connectivity index (χ0n) is 18.4. The van der Waals surface area contributed by atoms with Crippen molar-refractivity contribution in [3.8, 4) is 0 Å². The third kappa shape index (κ3) is 7.37. The van der Waals surface area contributed by atoms with E-state index in [4.69, 9.17) is 0 Å². The lowest BCUT2D eigenvalue weighted by molar-refractivity contribution is -0.121. The Balaban J connectivity index is 1.75. The van der Waals surface area contributed by atoms with Gasteiger partial charge in [-0.1, -0.05) is 24.3 Å². The Hall–Kier alpha value is -2.54. The van der Waals surface area contributed by atoms with E-state index in [1.165, 1.54) is 10.6 Å². The van der Waals surface area contributed by atoms with Gasteiger partial charge in [-0.2, -0.15) is 0 Å². The minimum absolute atomic E-state index is 0.0501. The van der Waals surface area contributed by atoms with E-state index in [9.17, 15) is 13.2 Å². The predicted molar refractivity (Wildman–Crippen MR) is 125 cm³/mol. The predicted octanol–water partition coefficient (Wildman–Crippen LogP) is 3.49. The van der Waals surface area contributed by atoms with Crippen molar-refractivity contribution in [3.05, 3.63) is 59.7 Å². The van der Waals surface area contributed by atoms with Crippen LogP contribution in [0.5, 0.6) is 0 Å². The van der Waals surface area contributed by atoms with Crippen LogP contribution in [-0.2, 0) is 14.8 Å². The molecule has 2 rings (SSSR count). The van der Waals surface area contributed by atoms with Crippen LogP contribution in [0.25, 0.3) is 0 Å². The van der Waals surface area contributed by atoms with Crippen molar-refractivity contribution in [1.82, 2.24) is 5.32 Å². The van der Waals surface area contributed by atoms with Gasteiger partial charge in [-0.25, -0.2) is 8.42 Å². The highest BCUT2D eigenvalue weighted by Crippen LogP contribution is 2.21. The van der Waals surface area contributed by atoms with Crippen molar-refractivity contribution in [2.75, 3.05) is 42.1 Å². The maximum absolute atomic E-state index is 12.2. The Labute approximate surface area is 180 Å². The minimum atomic E-state index is -3.41. The lowest BCUT2D eigenvalue weighted by Crippen LogP contribution is -2.32. The number of benzene rings is 2. The van der Waals surface area contributed by atoms with E-state index in [1.54, 1.807) is 0 Å². The van der Waals surface area contributed by atoms with Crippen LogP contribution in [0.3, 0.4) is 0 Å². The van der Waals surface area contributed by atoms with Crippen molar-refractivity contribution in [3.63, 3.8) is 0 Å². The summed E-state index contributed by atoms with van der Waals surface area (Å²) in [5.74, 6) is -0.0501. The van der Waals surface area contributed by atoms with E-state index >= 15 is 0 Å². The molecule has 1 amide bonds. The minimum Gasteiger partial charge on any atom is -0.375 e. The molecule has 164 valence electrons. The summed E-state index contributed by atoms with van der Waals surface area (Å²) in [7, 11) is -1.37. The first-order valence-electron chi connectivity index (χ1n) is 10.3. The Kier molecular flexibility index (Phi) is 8.72. The van der Waals surface area contributed by atoms with Crippen LogP contribution in [0, 0.1) is 13.8 Å². The first-order chi connectivity index (χ1) is 14.2. The molecule has 1 N–H and O–H groups in total. The third-order valence-corrected chi connectivity index (χ3v) is 6.33. The standard InChI is InChI=1S/C23H33N3O3S/c1-19-13-14-22(18-20(19)2)26(30(4,28)29)17-8-12-23(27)24-15-9-16-25(3)21-10-6-5-7-11-21/h5-7,10-11,13-14,18H,8-9,12,15-17H2,1-4H3,(H,24,27). The second-order valence-electron chi connectivity index (χ2n) is 7.67. The van der Waals surface area contributed by atoms with Gasteiger partial charge in [0, 0.05) is 38.8 Å². The van der Waals surface area contributed by atoms with Crippen LogP contribution in [0.15, 0.2) is 48.5 Å². The Morgan fingerprint density at radius 1 is 0.933 bits per heavy atom. The van der Waals surface area contributed by atoms with Crippen molar-refractivity contribution in [1.29, 1.82) is 0 Å². The molecular weight excluding hydrogens is 398 g/mol. The number of carbonyl (C=O) groups is 1. The largest absolute Gasteiger partial charge is 0.375 e. The SMILES string of the molecule is Cc1ccc(N(CCCC(=O)NCCCN(C)c2ccccc2)S(C)(=O)=O)cc1C. The molecule has 0 bridgehead atoms. The van der Waals surface area contributed by atoms with Crippen LogP contribution < -0.4 is 14.5 Å². The van der Waals surface area contributed by atoms with Crippen molar-refractivity contribution >= 4 is 27.3 Å². The van der Waals surface area contributed by atoms with Crippen molar-refractivity contribution < 1.29 is 13.2 Å². The lowest BCUT2D eigenvalue weighted by atomic mass is 10.1. The molecule has 0 saturated heterocycles. The van der Waals surface area contributed by atoms with Crippen LogP contribution in [0.1, 0.15) is 30.4 Å². The first-order valence-corrected chi connectivity index (χ1v) is 12.1. The number of sulfonamides is 1. The van der Waals surface area contributed by atoms with E-state index in [0.717, 1.165) is 29.8 Å². The fourth-order valence-corrected chi connectivity index (χ4v) is 4.15. The van der Waals surface area contributed by atoms with Crippen LogP contribution in [0.2, 0.25) is 0 Å². The average molecular weight is 432 g/mol. The van der Waals surface area contributed by atoms with Gasteiger partial charge >= 0.3 is 0 Å². The van der Waals surface area contributed by atoms with Gasteiger partial charge in [0.25, 0.3) is 0 Å². The fraction of sp³-hybridized carbons (Fsp3) is 0.435. The van der Waals surface area contributed by atoms with Gasteiger partial charge in [0.2, 0.25) is 15.9 Å². The second-order valence-corrected chi connectivity index (χ2v) is 9.57. The number of rotatable bonds is 11. The van der Waals surface area contributed by atoms with Gasteiger partial charge in [0.1, 0.15) is 0 Å². The molecule has 0 radical (unpaired) electrons. The van der Waals surface area contributed by atoms with Gasteiger partial charge < -0.3 is 10.2 Å². The summed E-state index contributed by atoms with van der Waals surface area (Å²) < 4.78 is 25.8. The van der Waals surface area contributed by atoms with Gasteiger partial charge in [0.05, 0.1) is 11.9 Å². The van der Waals surface area contributed by atoms with E-state index in [2.05, 4.69) is 22.3 Å². The lowest BCUT2D eigenvalue weighted by Gasteiger charge is -2.23. The zero-order chi connectivity index (χ0) is 22.1. The number of carbonyl (C=O) groups excluding carboxylic acids is 1. The number of para-hydroxylation sites is 1. The molecule has 0 heterocycles. The maximum atomic E-state index is 12.2. The van der Waals surface area contributed by atoms with Gasteiger partial charge in [-0.15, -0.1) is 0 Å². The molecule has 0 atom stereocenters. The highest BCUT2D eigenvalue weighted by Gasteiger charge is 2.18. The summed E-state index contributed by atoms with van der Waals surface area (Å²) in [5.41, 5.74) is 3.95. The molecule has 0 saturated carbocycles. The topological polar surface area (TPSA) is 69.7 Å². The van der Waals surface area contributed by atoms with Crippen LogP contribution in [0.4, 0.5) is 11.4 Å². The molecule has 30 heavy (non-hydrogen) atoms. The van der Waals surface area contributed by atoms with E-state index in [0.29, 0.717) is 25.1 Å². The number of hydrogen-bond acceptors (Lipinski definition) is 4. The van der Waals surface area contributed by atoms with Crippen molar-refractivity contribution in [2.45, 2.75) is 33.1 Å². The number of nitrogens with zero attached hydrogens (tertiary/aromatic N) is 2. The Bertz CT molecular complexity index is 930. The molecule has 0 aliphatic carbocycles. The quantitative estimate of drug-likeness (QED) is 0.553. The molecule has 6 nitrogen and oxygen atoms in total. The summed E-state index contributed by atoms with van der Waals surface area (Å²) in [4.78, 5) is 14.3. The zero-order valence-corrected chi connectivity index (χ0v) is 19.2. The molecule has 2 aromatic carbocycles. The molecule has 7 heteroatoms. The molecule has 2 aromatic rings. The Morgan fingerprint density at radius 2 is 1.63 bits per heavy atom. The number of nitrogens with one attached hydrogen (secondary N) is 1. The molecule has 0 aliphatic rings. The highest BCUT2D eigenvalue weighted by molar-refractivity contribution is 7.92. The van der Waals surface area contributed by atoms with E-state index < -0.39 is 10.0 Å². The van der Waals surface area contributed by atoms with Crippen LogP contribution in [-0.4, -0.2) is 47.3 Å². The maximum Gasteiger partial charge on any atom is 0.232 e. The third-order valence-electron chi connectivity index (χ3n) is 5.13. The fourth-order valence-electron chi connectivity index (χ4n) is 3.19. The number of aryl methyl sites for hydroxylation is 2. The Morgan fingerprint density at radius 3 is 2.27 bits per heavy atom. The molecule has 0 aromatic heterocycles. The van der Waals surface area contributed by atoms with Gasteiger partial charge in [-0.05, 0) is 62.1 Å². The number of amides is 1. The van der Waals surface area contributed by atoms with E-state index in [1.807, 2.05) is 57.3 Å². The average Bonchev–Trinajstić information content (AvgIpc) is 2.70. The summed E-state index contributed by atoms with van der Waals surface area (Å²) in [6.07, 6.45) is 2.81. The number of anilines is 2. The monoisotopic (exact) mass is 431 g/mol. The summed E-state index contributed by atoms with van der Waals surface area (Å²) in [6, 6.07) is 15.7. The number of hydrogen-bond donors (Lipinski definition) is 1. The molecule has 0 spiro atoms. The highest BCUT2D eigenvalue weighted by atomic mass is 32.2. The smallest absolute Gasteiger partial charge is 0.232 e. The first kappa shape index (κ1) is 23.7.